The molecule has 3 aromatic rings. The van der Waals surface area contributed by atoms with Gasteiger partial charge in [0.15, 0.2) is 0 Å². The molecule has 1 unspecified atom stereocenters. The molecule has 0 spiro atoms. The van der Waals surface area contributed by atoms with Gasteiger partial charge in [-0.05, 0) is 48.7 Å². The molecule has 1 aromatic heterocycles. The van der Waals surface area contributed by atoms with E-state index < -0.39 is 5.54 Å². The molecule has 0 aliphatic heterocycles. The normalized spacial score (nSPS) is 14.0. The molecule has 1 atom stereocenters. The van der Waals surface area contributed by atoms with Gasteiger partial charge in [-0.25, -0.2) is 4.39 Å². The second-order valence-electron chi connectivity index (χ2n) is 5.59. The van der Waals surface area contributed by atoms with Crippen LogP contribution in [0.15, 0.2) is 60.8 Å². The fourth-order valence-electron chi connectivity index (χ4n) is 2.64. The van der Waals surface area contributed by atoms with Crippen LogP contribution in [0.5, 0.6) is 0 Å². The average Bonchev–Trinajstić information content (AvgIpc) is 2.48. The van der Waals surface area contributed by atoms with E-state index in [4.69, 9.17) is 5.73 Å². The van der Waals surface area contributed by atoms with Crippen molar-refractivity contribution < 1.29 is 4.39 Å². The third-order valence-corrected chi connectivity index (χ3v) is 3.80. The molecular formula is C18H17FN2. The number of benzene rings is 2. The maximum Gasteiger partial charge on any atom is 0.123 e. The van der Waals surface area contributed by atoms with Gasteiger partial charge < -0.3 is 5.73 Å². The first-order chi connectivity index (χ1) is 10.1. The van der Waals surface area contributed by atoms with Crippen LogP contribution in [0.3, 0.4) is 0 Å². The van der Waals surface area contributed by atoms with Gasteiger partial charge in [0.1, 0.15) is 5.82 Å². The number of rotatable bonds is 3. The van der Waals surface area contributed by atoms with Crippen molar-refractivity contribution >= 4 is 10.9 Å². The molecule has 21 heavy (non-hydrogen) atoms. The fourth-order valence-corrected chi connectivity index (χ4v) is 2.64. The van der Waals surface area contributed by atoms with Crippen LogP contribution in [-0.2, 0) is 12.0 Å². The molecule has 2 N–H and O–H groups in total. The molecule has 0 saturated heterocycles. The lowest BCUT2D eigenvalue weighted by atomic mass is 9.86. The summed E-state index contributed by atoms with van der Waals surface area (Å²) in [5, 5.41) is 1.11. The Balaban J connectivity index is 1.99. The lowest BCUT2D eigenvalue weighted by Gasteiger charge is -2.26. The molecule has 0 aliphatic carbocycles. The Kier molecular flexibility index (Phi) is 3.43. The van der Waals surface area contributed by atoms with Gasteiger partial charge in [-0.1, -0.05) is 30.3 Å². The molecule has 2 aromatic carbocycles. The highest BCUT2D eigenvalue weighted by Gasteiger charge is 2.22. The Labute approximate surface area is 123 Å². The molecule has 1 heterocycles. The number of nitrogens with two attached hydrogens (primary N) is 1. The topological polar surface area (TPSA) is 38.9 Å². The van der Waals surface area contributed by atoms with E-state index in [-0.39, 0.29) is 5.82 Å². The molecule has 0 bridgehead atoms. The summed E-state index contributed by atoms with van der Waals surface area (Å²) in [7, 11) is 0. The zero-order valence-electron chi connectivity index (χ0n) is 11.9. The summed E-state index contributed by atoms with van der Waals surface area (Å²) < 4.78 is 13.1. The first-order valence-corrected chi connectivity index (χ1v) is 6.94. The molecule has 3 rings (SSSR count). The van der Waals surface area contributed by atoms with Crippen LogP contribution in [0.25, 0.3) is 10.9 Å². The van der Waals surface area contributed by atoms with Crippen LogP contribution < -0.4 is 5.73 Å². The maximum atomic E-state index is 13.1. The summed E-state index contributed by atoms with van der Waals surface area (Å²) in [6.07, 6.45) is 2.47. The van der Waals surface area contributed by atoms with Crippen molar-refractivity contribution in [2.75, 3.05) is 0 Å². The summed E-state index contributed by atoms with van der Waals surface area (Å²) in [5.74, 6) is -0.246. The third kappa shape index (κ3) is 2.78. The van der Waals surface area contributed by atoms with E-state index >= 15 is 0 Å². The molecule has 0 radical (unpaired) electrons. The zero-order valence-corrected chi connectivity index (χ0v) is 11.9. The van der Waals surface area contributed by atoms with Gasteiger partial charge in [-0.15, -0.1) is 0 Å². The van der Waals surface area contributed by atoms with Gasteiger partial charge in [-0.3, -0.25) is 4.98 Å². The highest BCUT2D eigenvalue weighted by molar-refractivity contribution is 5.81. The number of nitrogens with zero attached hydrogens (tertiary/aromatic N) is 1. The van der Waals surface area contributed by atoms with Gasteiger partial charge in [0, 0.05) is 17.1 Å². The van der Waals surface area contributed by atoms with Crippen LogP contribution in [-0.4, -0.2) is 4.98 Å². The first-order valence-electron chi connectivity index (χ1n) is 6.94. The number of hydrogen-bond acceptors (Lipinski definition) is 2. The monoisotopic (exact) mass is 280 g/mol. The lowest BCUT2D eigenvalue weighted by Crippen LogP contribution is -2.35. The summed E-state index contributed by atoms with van der Waals surface area (Å²) in [6, 6.07) is 16.4. The summed E-state index contributed by atoms with van der Waals surface area (Å²) in [6.45, 7) is 1.97. The highest BCUT2D eigenvalue weighted by atomic mass is 19.1. The minimum atomic E-state index is -0.558. The van der Waals surface area contributed by atoms with Crippen molar-refractivity contribution in [1.82, 2.24) is 4.98 Å². The van der Waals surface area contributed by atoms with Crippen LogP contribution in [0.1, 0.15) is 18.1 Å². The van der Waals surface area contributed by atoms with Crippen molar-refractivity contribution in [1.29, 1.82) is 0 Å². The summed E-state index contributed by atoms with van der Waals surface area (Å²) >= 11 is 0. The number of pyridine rings is 1. The van der Waals surface area contributed by atoms with Crippen molar-refractivity contribution in [2.45, 2.75) is 18.9 Å². The molecule has 2 nitrogen and oxygen atoms in total. The number of halogens is 1. The predicted molar refractivity (Wildman–Crippen MR) is 83.4 cm³/mol. The largest absolute Gasteiger partial charge is 0.321 e. The average molecular weight is 280 g/mol. The minimum absolute atomic E-state index is 0.246. The van der Waals surface area contributed by atoms with Gasteiger partial charge in [0.05, 0.1) is 5.52 Å². The number of hydrogen-bond donors (Lipinski definition) is 1. The number of fused-ring (bicyclic) bond motifs is 1. The molecular weight excluding hydrogens is 263 g/mol. The second kappa shape index (κ2) is 5.26. The van der Waals surface area contributed by atoms with Crippen molar-refractivity contribution in [3.8, 4) is 0 Å². The van der Waals surface area contributed by atoms with E-state index in [0.29, 0.717) is 6.42 Å². The van der Waals surface area contributed by atoms with E-state index in [2.05, 4.69) is 11.1 Å². The lowest BCUT2D eigenvalue weighted by molar-refractivity contribution is 0.491. The Morgan fingerprint density at radius 2 is 1.76 bits per heavy atom. The Morgan fingerprint density at radius 3 is 2.52 bits per heavy atom. The van der Waals surface area contributed by atoms with Gasteiger partial charge in [-0.2, -0.15) is 0 Å². The quantitative estimate of drug-likeness (QED) is 0.792. The van der Waals surface area contributed by atoms with Crippen molar-refractivity contribution in [3.05, 3.63) is 77.7 Å². The van der Waals surface area contributed by atoms with Crippen LogP contribution in [0.2, 0.25) is 0 Å². The van der Waals surface area contributed by atoms with E-state index in [1.165, 1.54) is 12.1 Å². The molecule has 0 amide bonds. The smallest absolute Gasteiger partial charge is 0.123 e. The Bertz CT molecular complexity index is 758. The Morgan fingerprint density at radius 1 is 1.05 bits per heavy atom. The molecule has 0 saturated carbocycles. The molecule has 3 heteroatoms. The molecule has 106 valence electrons. The maximum absolute atomic E-state index is 13.1. The standard InChI is InChI=1S/C18H17FN2/c1-18(20,14-6-8-15(19)9-7-14)12-13-10-11-21-17-5-3-2-4-16(13)17/h2-11H,12,20H2,1H3. The van der Waals surface area contributed by atoms with Crippen LogP contribution in [0.4, 0.5) is 4.39 Å². The summed E-state index contributed by atoms with van der Waals surface area (Å²) in [5.41, 5.74) is 8.94. The number of aromatic nitrogens is 1. The molecule has 0 aliphatic rings. The van der Waals surface area contributed by atoms with E-state index in [1.54, 1.807) is 18.3 Å². The third-order valence-electron chi connectivity index (χ3n) is 3.80. The molecule has 0 fully saturated rings. The van der Waals surface area contributed by atoms with Gasteiger partial charge in [0.25, 0.3) is 0 Å². The van der Waals surface area contributed by atoms with Gasteiger partial charge >= 0.3 is 0 Å². The van der Waals surface area contributed by atoms with Crippen molar-refractivity contribution in [2.24, 2.45) is 5.73 Å². The zero-order chi connectivity index (χ0) is 14.9. The van der Waals surface area contributed by atoms with Crippen LogP contribution >= 0.6 is 0 Å². The second-order valence-corrected chi connectivity index (χ2v) is 5.59. The van der Waals surface area contributed by atoms with Crippen LogP contribution in [0, 0.1) is 5.82 Å². The van der Waals surface area contributed by atoms with E-state index in [9.17, 15) is 4.39 Å². The Hall–Kier alpha value is -2.26. The van der Waals surface area contributed by atoms with E-state index in [1.807, 2.05) is 31.2 Å². The van der Waals surface area contributed by atoms with Crippen molar-refractivity contribution in [3.63, 3.8) is 0 Å². The minimum Gasteiger partial charge on any atom is -0.321 e. The fraction of sp³-hybridized carbons (Fsp3) is 0.167. The van der Waals surface area contributed by atoms with E-state index in [0.717, 1.165) is 22.0 Å². The van der Waals surface area contributed by atoms with Gasteiger partial charge in [0.2, 0.25) is 0 Å². The SMILES string of the molecule is CC(N)(Cc1ccnc2ccccc12)c1ccc(F)cc1. The predicted octanol–water partition coefficient (Wildman–Crippen LogP) is 3.79. The number of para-hydroxylation sites is 1. The first kappa shape index (κ1) is 13.7. The highest BCUT2D eigenvalue weighted by Crippen LogP contribution is 2.26. The summed E-state index contributed by atoms with van der Waals surface area (Å²) in [4.78, 5) is 4.37.